The Balaban J connectivity index is 1.44. The molecule has 2 aliphatic rings. The first-order chi connectivity index (χ1) is 17.2. The first-order valence-electron chi connectivity index (χ1n) is 12.3. The lowest BCUT2D eigenvalue weighted by Gasteiger charge is -2.43. The first-order valence-corrected chi connectivity index (χ1v) is 12.3. The molecule has 12 heteroatoms. The van der Waals surface area contributed by atoms with Gasteiger partial charge in [-0.05, 0) is 19.4 Å². The van der Waals surface area contributed by atoms with E-state index in [0.29, 0.717) is 43.0 Å². The number of alkyl halides is 1. The van der Waals surface area contributed by atoms with Crippen LogP contribution in [0.4, 0.5) is 32.6 Å². The number of hydrogen-bond acceptors (Lipinski definition) is 8. The number of piperidine rings is 1. The summed E-state index contributed by atoms with van der Waals surface area (Å²) < 4.78 is 16.4. The fourth-order valence-electron chi connectivity index (χ4n) is 4.77. The topological polar surface area (TPSA) is 124 Å². The molecule has 2 saturated heterocycles. The number of rotatable bonds is 6. The summed E-state index contributed by atoms with van der Waals surface area (Å²) in [5.74, 6) is 2.06. The number of carbonyl (C=O) groups excluding carboxylic acids is 1. The molecule has 0 saturated carbocycles. The Morgan fingerprint density at radius 2 is 2.14 bits per heavy atom. The molecule has 0 aliphatic carbocycles. The van der Waals surface area contributed by atoms with Crippen LogP contribution in [0.25, 0.3) is 10.9 Å². The number of nitrogens with one attached hydrogen (secondary N) is 2. The van der Waals surface area contributed by atoms with Crippen LogP contribution in [0, 0.1) is 5.41 Å². The van der Waals surface area contributed by atoms with E-state index < -0.39 is 17.7 Å². The summed E-state index contributed by atoms with van der Waals surface area (Å²) in [5.41, 5.74) is 0.230. The molecule has 3 atom stereocenters. The lowest BCUT2D eigenvalue weighted by molar-refractivity contribution is -0.0257. The molecule has 0 radical (unpaired) electrons. The molecule has 5 rings (SSSR count). The van der Waals surface area contributed by atoms with Crippen molar-refractivity contribution < 1.29 is 14.3 Å². The highest BCUT2D eigenvalue weighted by molar-refractivity contribution is 6.02. The van der Waals surface area contributed by atoms with Gasteiger partial charge in [-0.1, -0.05) is 20.8 Å². The minimum Gasteiger partial charge on any atom is -0.389 e. The summed E-state index contributed by atoms with van der Waals surface area (Å²) in [4.78, 5) is 29.2. The maximum absolute atomic E-state index is 14.5. The Morgan fingerprint density at radius 1 is 1.33 bits per heavy atom. The van der Waals surface area contributed by atoms with Gasteiger partial charge in [0.2, 0.25) is 5.95 Å². The molecule has 192 valence electrons. The van der Waals surface area contributed by atoms with Crippen LogP contribution in [0.5, 0.6) is 0 Å². The highest BCUT2D eigenvalue weighted by Crippen LogP contribution is 2.34. The van der Waals surface area contributed by atoms with Crippen molar-refractivity contribution >= 4 is 40.3 Å². The molecule has 1 unspecified atom stereocenters. The van der Waals surface area contributed by atoms with Crippen LogP contribution < -0.4 is 20.4 Å². The maximum Gasteiger partial charge on any atom is 0.323 e. The third-order valence-electron chi connectivity index (χ3n) is 7.01. The number of anilines is 4. The van der Waals surface area contributed by atoms with Crippen molar-refractivity contribution in [3.05, 3.63) is 24.5 Å². The minimum absolute atomic E-state index is 0.0270. The third-order valence-corrected chi connectivity index (χ3v) is 7.01. The summed E-state index contributed by atoms with van der Waals surface area (Å²) in [5, 5.41) is 21.8. The van der Waals surface area contributed by atoms with Crippen LogP contribution in [0.15, 0.2) is 24.5 Å². The van der Waals surface area contributed by atoms with E-state index in [9.17, 15) is 14.3 Å². The number of halogens is 1. The number of pyridine rings is 1. The number of aromatic nitrogens is 5. The summed E-state index contributed by atoms with van der Waals surface area (Å²) >= 11 is 0. The van der Waals surface area contributed by atoms with Gasteiger partial charge >= 0.3 is 6.03 Å². The monoisotopic (exact) mass is 497 g/mol. The van der Waals surface area contributed by atoms with Crippen LogP contribution in [0.2, 0.25) is 0 Å². The first kappa shape index (κ1) is 24.2. The molecule has 0 bridgehead atoms. The molecule has 2 aliphatic heterocycles. The van der Waals surface area contributed by atoms with Gasteiger partial charge in [-0.15, -0.1) is 0 Å². The Bertz CT molecular complexity index is 1280. The van der Waals surface area contributed by atoms with Gasteiger partial charge in [-0.25, -0.2) is 19.2 Å². The van der Waals surface area contributed by atoms with Crippen molar-refractivity contribution in [3.8, 4) is 0 Å². The van der Waals surface area contributed by atoms with Crippen LogP contribution in [-0.4, -0.2) is 74.3 Å². The predicted octanol–water partition coefficient (Wildman–Crippen LogP) is 3.01. The molecule has 0 spiro atoms. The Hall–Kier alpha value is -3.54. The zero-order chi connectivity index (χ0) is 25.6. The van der Waals surface area contributed by atoms with Crippen molar-refractivity contribution in [1.82, 2.24) is 30.0 Å². The van der Waals surface area contributed by atoms with E-state index in [1.54, 1.807) is 28.3 Å². The summed E-state index contributed by atoms with van der Waals surface area (Å²) in [7, 11) is 0. The Kier molecular flexibility index (Phi) is 6.15. The normalized spacial score (nSPS) is 22.7. The van der Waals surface area contributed by atoms with Crippen LogP contribution in [0.3, 0.4) is 0 Å². The Labute approximate surface area is 208 Å². The SMILES string of the molecule is CCC(C)n1nc(N2CCNC2=O)c2cnc(Nc3ccnc(N4C[C@H](F)[C@H](O)C(C)(C)C4)n3)cc21. The van der Waals surface area contributed by atoms with E-state index in [4.69, 9.17) is 5.10 Å². The van der Waals surface area contributed by atoms with Crippen molar-refractivity contribution in [2.45, 2.75) is 52.4 Å². The molecule has 0 aromatic carbocycles. The molecule has 11 nitrogen and oxygen atoms in total. The predicted molar refractivity (Wildman–Crippen MR) is 135 cm³/mol. The maximum atomic E-state index is 14.5. The van der Waals surface area contributed by atoms with E-state index >= 15 is 0 Å². The highest BCUT2D eigenvalue weighted by Gasteiger charge is 2.42. The molecular formula is C24H32FN9O2. The second kappa shape index (κ2) is 9.16. The van der Waals surface area contributed by atoms with E-state index in [0.717, 1.165) is 17.3 Å². The van der Waals surface area contributed by atoms with Gasteiger partial charge in [0.05, 0.1) is 23.6 Å². The van der Waals surface area contributed by atoms with Gasteiger partial charge in [0.25, 0.3) is 0 Å². The molecule has 2 fully saturated rings. The molecular weight excluding hydrogens is 465 g/mol. The molecule has 36 heavy (non-hydrogen) atoms. The van der Waals surface area contributed by atoms with Crippen LogP contribution >= 0.6 is 0 Å². The van der Waals surface area contributed by atoms with Gasteiger partial charge in [0.1, 0.15) is 17.8 Å². The van der Waals surface area contributed by atoms with Gasteiger partial charge in [-0.3, -0.25) is 9.58 Å². The second-order valence-electron chi connectivity index (χ2n) is 10.2. The quantitative estimate of drug-likeness (QED) is 0.475. The van der Waals surface area contributed by atoms with Gasteiger partial charge < -0.3 is 20.6 Å². The smallest absolute Gasteiger partial charge is 0.323 e. The summed E-state index contributed by atoms with van der Waals surface area (Å²) in [6, 6.07) is 3.58. The minimum atomic E-state index is -1.38. The molecule has 5 heterocycles. The highest BCUT2D eigenvalue weighted by atomic mass is 19.1. The number of carbonyl (C=O) groups is 1. The van der Waals surface area contributed by atoms with E-state index in [1.807, 2.05) is 24.6 Å². The van der Waals surface area contributed by atoms with E-state index in [-0.39, 0.29) is 18.6 Å². The second-order valence-corrected chi connectivity index (χ2v) is 10.2. The summed E-state index contributed by atoms with van der Waals surface area (Å²) in [6.45, 7) is 9.43. The average molecular weight is 498 g/mol. The zero-order valence-electron chi connectivity index (χ0n) is 20.9. The number of urea groups is 1. The number of nitrogens with zero attached hydrogens (tertiary/aromatic N) is 7. The van der Waals surface area contributed by atoms with E-state index in [2.05, 4.69) is 39.4 Å². The van der Waals surface area contributed by atoms with Gasteiger partial charge in [0.15, 0.2) is 5.82 Å². The zero-order valence-corrected chi connectivity index (χ0v) is 20.9. The fourth-order valence-corrected chi connectivity index (χ4v) is 4.77. The van der Waals surface area contributed by atoms with Gasteiger partial charge in [-0.2, -0.15) is 10.1 Å². The molecule has 3 aromatic rings. The molecule has 2 amide bonds. The van der Waals surface area contributed by atoms with E-state index in [1.165, 1.54) is 0 Å². The molecule has 3 aromatic heterocycles. The van der Waals surface area contributed by atoms with Gasteiger partial charge in [0, 0.05) is 49.6 Å². The van der Waals surface area contributed by atoms with Crippen molar-refractivity contribution in [1.29, 1.82) is 0 Å². The largest absolute Gasteiger partial charge is 0.389 e. The van der Waals surface area contributed by atoms with Crippen molar-refractivity contribution in [2.75, 3.05) is 41.3 Å². The number of amides is 2. The number of fused-ring (bicyclic) bond motifs is 1. The number of aliphatic hydroxyl groups excluding tert-OH is 1. The lowest BCUT2D eigenvalue weighted by Crippen LogP contribution is -2.55. The lowest BCUT2D eigenvalue weighted by atomic mass is 9.80. The number of hydrogen-bond donors (Lipinski definition) is 3. The van der Waals surface area contributed by atoms with Crippen molar-refractivity contribution in [2.24, 2.45) is 5.41 Å². The van der Waals surface area contributed by atoms with Crippen LogP contribution in [-0.2, 0) is 0 Å². The third kappa shape index (κ3) is 4.29. The van der Waals surface area contributed by atoms with Crippen LogP contribution in [0.1, 0.15) is 40.2 Å². The summed E-state index contributed by atoms with van der Waals surface area (Å²) in [6.07, 6.45) is 1.79. The standard InChI is InChI=1S/C24H32FN9O2/c1-5-14(2)34-17-10-19(28-11-15(17)21(31-34)33-9-8-27-23(33)36)29-18-6-7-26-22(30-18)32-12-16(25)20(35)24(3,4)13-32/h6-7,10-11,14,16,20,35H,5,8-9,12-13H2,1-4H3,(H,27,36)(H,26,28,29,30)/t14?,16-,20-/m0/s1. The number of aliphatic hydroxyl groups is 1. The molecule has 3 N–H and O–H groups in total. The van der Waals surface area contributed by atoms with Crippen molar-refractivity contribution in [3.63, 3.8) is 0 Å². The fraction of sp³-hybridized carbons (Fsp3) is 0.542. The average Bonchev–Trinajstić information content (AvgIpc) is 3.44. The Morgan fingerprint density at radius 3 is 2.83 bits per heavy atom.